The summed E-state index contributed by atoms with van der Waals surface area (Å²) in [7, 11) is 0. The molecule has 0 aliphatic rings. The Morgan fingerprint density at radius 1 is 0.333 bits per heavy atom. The molecular weight excluding hydrogens is 468 g/mol. The Hall–Kier alpha value is -4.94. The summed E-state index contributed by atoms with van der Waals surface area (Å²) in [4.78, 5) is 0. The lowest BCUT2D eigenvalue weighted by Crippen LogP contribution is -1.91. The summed E-state index contributed by atoms with van der Waals surface area (Å²) in [6.45, 7) is 2.15. The second kappa shape index (κ2) is 8.55. The lowest BCUT2D eigenvalue weighted by molar-refractivity contribution is 1.47. The molecule has 0 atom stereocenters. The number of hydrogen-bond donors (Lipinski definition) is 0. The van der Waals surface area contributed by atoms with E-state index in [2.05, 4.69) is 146 Å². The second-order valence-electron chi connectivity index (χ2n) is 10.6. The normalized spacial score (nSPS) is 11.7. The van der Waals surface area contributed by atoms with Crippen LogP contribution in [0.15, 0.2) is 140 Å². The van der Waals surface area contributed by atoms with Crippen LogP contribution in [0, 0.1) is 6.92 Å². The zero-order valence-electron chi connectivity index (χ0n) is 21.8. The van der Waals surface area contributed by atoms with E-state index in [0.29, 0.717) is 0 Å². The van der Waals surface area contributed by atoms with E-state index in [4.69, 9.17) is 0 Å². The summed E-state index contributed by atoms with van der Waals surface area (Å²) in [5.41, 5.74) is 8.86. The molecule has 0 saturated carbocycles. The van der Waals surface area contributed by atoms with Crippen molar-refractivity contribution in [3.63, 3.8) is 0 Å². The van der Waals surface area contributed by atoms with E-state index in [1.54, 1.807) is 0 Å². The summed E-state index contributed by atoms with van der Waals surface area (Å²) in [6, 6.07) is 51.5. The van der Waals surface area contributed by atoms with E-state index in [1.807, 2.05) is 0 Å². The van der Waals surface area contributed by atoms with Crippen molar-refractivity contribution >= 4 is 43.1 Å². The van der Waals surface area contributed by atoms with Gasteiger partial charge in [-0.25, -0.2) is 0 Å². The summed E-state index contributed by atoms with van der Waals surface area (Å²) in [6.07, 6.45) is 0. The van der Waals surface area contributed by atoms with Crippen LogP contribution >= 0.6 is 0 Å². The van der Waals surface area contributed by atoms with E-state index < -0.39 is 0 Å². The fourth-order valence-electron chi connectivity index (χ4n) is 6.35. The van der Waals surface area contributed by atoms with Gasteiger partial charge in [-0.15, -0.1) is 0 Å². The standard InChI is InChI=1S/C39H26/c1-25-12-14-28(15-13-25)36-24-37(35-23-21-31-9-4-8-30-20-22-34(36)39(35)38(30)31)29-18-16-27(17-19-29)33-11-5-7-26-6-2-3-10-32(26)33/h2-24H,1H3. The monoisotopic (exact) mass is 494 g/mol. The van der Waals surface area contributed by atoms with E-state index >= 15 is 0 Å². The first-order valence-electron chi connectivity index (χ1n) is 13.6. The lowest BCUT2D eigenvalue weighted by Gasteiger charge is -2.18. The Morgan fingerprint density at radius 2 is 0.846 bits per heavy atom. The van der Waals surface area contributed by atoms with Crippen LogP contribution in [0.3, 0.4) is 0 Å². The summed E-state index contributed by atoms with van der Waals surface area (Å²) in [5.74, 6) is 0. The van der Waals surface area contributed by atoms with Gasteiger partial charge in [0.15, 0.2) is 0 Å². The van der Waals surface area contributed by atoms with Gasteiger partial charge < -0.3 is 0 Å². The maximum absolute atomic E-state index is 2.40. The fraction of sp³-hybridized carbons (Fsp3) is 0.0256. The molecule has 0 saturated heterocycles. The number of benzene rings is 8. The predicted molar refractivity (Wildman–Crippen MR) is 169 cm³/mol. The van der Waals surface area contributed by atoms with Crippen molar-refractivity contribution in [3.8, 4) is 33.4 Å². The van der Waals surface area contributed by atoms with Crippen LogP contribution in [0.25, 0.3) is 76.5 Å². The maximum Gasteiger partial charge on any atom is -0.00143 e. The van der Waals surface area contributed by atoms with Crippen LogP contribution in [-0.2, 0) is 0 Å². The Labute approximate surface area is 228 Å². The number of hydrogen-bond acceptors (Lipinski definition) is 0. The largest absolute Gasteiger partial charge is 0.0616 e. The van der Waals surface area contributed by atoms with Crippen LogP contribution in [0.1, 0.15) is 5.56 Å². The average Bonchev–Trinajstić information content (AvgIpc) is 3.00. The van der Waals surface area contributed by atoms with Gasteiger partial charge in [-0.1, -0.05) is 139 Å². The number of aryl methyl sites for hydroxylation is 1. The van der Waals surface area contributed by atoms with Gasteiger partial charge in [-0.3, -0.25) is 0 Å². The van der Waals surface area contributed by atoms with Crippen LogP contribution in [0.4, 0.5) is 0 Å². The topological polar surface area (TPSA) is 0 Å². The second-order valence-corrected chi connectivity index (χ2v) is 10.6. The van der Waals surface area contributed by atoms with Gasteiger partial charge in [0.25, 0.3) is 0 Å². The summed E-state index contributed by atoms with van der Waals surface area (Å²) >= 11 is 0. The first-order chi connectivity index (χ1) is 19.2. The first-order valence-corrected chi connectivity index (χ1v) is 13.6. The molecule has 182 valence electrons. The average molecular weight is 495 g/mol. The Bertz CT molecular complexity index is 2120. The summed E-state index contributed by atoms with van der Waals surface area (Å²) < 4.78 is 0. The molecule has 8 aromatic rings. The quantitative estimate of drug-likeness (QED) is 0.214. The highest BCUT2D eigenvalue weighted by Crippen LogP contribution is 2.44. The third-order valence-electron chi connectivity index (χ3n) is 8.30. The van der Waals surface area contributed by atoms with Crippen LogP contribution < -0.4 is 0 Å². The Balaban J connectivity index is 1.39. The van der Waals surface area contributed by atoms with Crippen molar-refractivity contribution in [1.82, 2.24) is 0 Å². The molecule has 0 nitrogen and oxygen atoms in total. The van der Waals surface area contributed by atoms with Gasteiger partial charge in [0.05, 0.1) is 0 Å². The lowest BCUT2D eigenvalue weighted by atomic mass is 9.85. The molecule has 0 radical (unpaired) electrons. The van der Waals surface area contributed by atoms with Gasteiger partial charge in [0, 0.05) is 0 Å². The van der Waals surface area contributed by atoms with Crippen molar-refractivity contribution in [3.05, 3.63) is 145 Å². The van der Waals surface area contributed by atoms with Gasteiger partial charge in [0.2, 0.25) is 0 Å². The Morgan fingerprint density at radius 3 is 1.51 bits per heavy atom. The van der Waals surface area contributed by atoms with Gasteiger partial charge >= 0.3 is 0 Å². The molecule has 0 amide bonds. The molecule has 0 aliphatic carbocycles. The van der Waals surface area contributed by atoms with Crippen LogP contribution in [-0.4, -0.2) is 0 Å². The molecule has 0 N–H and O–H groups in total. The molecule has 0 spiro atoms. The molecule has 0 bridgehead atoms. The number of fused-ring (bicyclic) bond motifs is 1. The molecule has 0 fully saturated rings. The smallest absolute Gasteiger partial charge is 0.00143 e. The van der Waals surface area contributed by atoms with Crippen molar-refractivity contribution in [1.29, 1.82) is 0 Å². The third kappa shape index (κ3) is 3.46. The molecule has 0 unspecified atom stereocenters. The molecule has 8 aromatic carbocycles. The minimum atomic E-state index is 1.24. The highest BCUT2D eigenvalue weighted by Gasteiger charge is 2.16. The fourth-order valence-corrected chi connectivity index (χ4v) is 6.35. The third-order valence-corrected chi connectivity index (χ3v) is 8.30. The van der Waals surface area contributed by atoms with Gasteiger partial charge in [-0.05, 0) is 89.5 Å². The Kier molecular flexibility index (Phi) is 4.84. The van der Waals surface area contributed by atoms with E-state index in [9.17, 15) is 0 Å². The van der Waals surface area contributed by atoms with Gasteiger partial charge in [0.1, 0.15) is 0 Å². The molecule has 0 heterocycles. The van der Waals surface area contributed by atoms with Crippen molar-refractivity contribution in [2.75, 3.05) is 0 Å². The minimum absolute atomic E-state index is 1.24. The van der Waals surface area contributed by atoms with Crippen LogP contribution in [0.2, 0.25) is 0 Å². The zero-order chi connectivity index (χ0) is 25.9. The molecule has 0 aliphatic heterocycles. The predicted octanol–water partition coefficient (Wildman–Crippen LogP) is 11.0. The van der Waals surface area contributed by atoms with Crippen molar-refractivity contribution in [2.45, 2.75) is 6.92 Å². The highest BCUT2D eigenvalue weighted by molar-refractivity contribution is 6.28. The highest BCUT2D eigenvalue weighted by atomic mass is 14.2. The zero-order valence-corrected chi connectivity index (χ0v) is 21.8. The first kappa shape index (κ1) is 22.1. The molecule has 0 aromatic heterocycles. The SMILES string of the molecule is Cc1ccc(-c2cc(-c3ccc(-c4cccc5ccccc45)cc3)c3ccc4cccc5ccc2c3c54)cc1. The van der Waals surface area contributed by atoms with Gasteiger partial charge in [-0.2, -0.15) is 0 Å². The molecule has 0 heteroatoms. The molecular formula is C39H26. The molecule has 39 heavy (non-hydrogen) atoms. The number of rotatable bonds is 3. The maximum atomic E-state index is 2.40. The van der Waals surface area contributed by atoms with Crippen LogP contribution in [0.5, 0.6) is 0 Å². The van der Waals surface area contributed by atoms with E-state index in [1.165, 1.54) is 82.0 Å². The van der Waals surface area contributed by atoms with E-state index in [0.717, 1.165) is 0 Å². The van der Waals surface area contributed by atoms with E-state index in [-0.39, 0.29) is 0 Å². The summed E-state index contributed by atoms with van der Waals surface area (Å²) in [5, 5.41) is 10.5. The van der Waals surface area contributed by atoms with Crippen molar-refractivity contribution < 1.29 is 0 Å². The van der Waals surface area contributed by atoms with Crippen molar-refractivity contribution in [2.24, 2.45) is 0 Å². The molecule has 8 rings (SSSR count). The minimum Gasteiger partial charge on any atom is -0.0616 e.